The molecule has 4 rings (SSSR count). The lowest BCUT2D eigenvalue weighted by molar-refractivity contribution is -0.114. The summed E-state index contributed by atoms with van der Waals surface area (Å²) in [4.78, 5) is 24.6. The summed E-state index contributed by atoms with van der Waals surface area (Å²) in [5.74, 6) is -1.07. The van der Waals surface area contributed by atoms with Crippen molar-refractivity contribution in [2.24, 2.45) is 5.73 Å². The van der Waals surface area contributed by atoms with Gasteiger partial charge in [-0.25, -0.2) is 0 Å². The van der Waals surface area contributed by atoms with Gasteiger partial charge in [0.05, 0.1) is 0 Å². The third-order valence-electron chi connectivity index (χ3n) is 4.65. The van der Waals surface area contributed by atoms with E-state index in [4.69, 9.17) is 5.73 Å². The van der Waals surface area contributed by atoms with Crippen molar-refractivity contribution in [2.45, 2.75) is 0 Å². The van der Waals surface area contributed by atoms with Crippen LogP contribution in [0.5, 0.6) is 0 Å². The van der Waals surface area contributed by atoms with E-state index in [0.29, 0.717) is 5.56 Å². The fourth-order valence-corrected chi connectivity index (χ4v) is 3.30. The van der Waals surface area contributed by atoms with Gasteiger partial charge in [0.25, 0.3) is 11.8 Å². The summed E-state index contributed by atoms with van der Waals surface area (Å²) < 4.78 is 0. The summed E-state index contributed by atoms with van der Waals surface area (Å²) in [6.45, 7) is 0. The van der Waals surface area contributed by atoms with Crippen LogP contribution in [0.4, 0.5) is 0 Å². The van der Waals surface area contributed by atoms with Gasteiger partial charge < -0.3 is 11.1 Å². The maximum atomic E-state index is 12.5. The van der Waals surface area contributed by atoms with E-state index >= 15 is 0 Å². The van der Waals surface area contributed by atoms with Crippen molar-refractivity contribution in [3.63, 3.8) is 0 Å². The number of hydrogen-bond acceptors (Lipinski definition) is 2. The van der Waals surface area contributed by atoms with Crippen LogP contribution in [0.15, 0.2) is 90.6 Å². The van der Waals surface area contributed by atoms with Gasteiger partial charge in [-0.1, -0.05) is 66.7 Å². The molecule has 0 aliphatic heterocycles. The Morgan fingerprint density at radius 2 is 1.29 bits per heavy atom. The molecule has 0 atom stereocenters. The van der Waals surface area contributed by atoms with Crippen molar-refractivity contribution in [1.82, 2.24) is 5.32 Å². The molecule has 0 saturated heterocycles. The summed E-state index contributed by atoms with van der Waals surface area (Å²) in [5, 5.41) is 6.71. The minimum absolute atomic E-state index is 0.0513. The first-order valence-electron chi connectivity index (χ1n) is 8.92. The molecular weight excluding hydrogens is 348 g/mol. The highest BCUT2D eigenvalue weighted by Gasteiger charge is 2.14. The van der Waals surface area contributed by atoms with Crippen molar-refractivity contribution < 1.29 is 9.59 Å². The second kappa shape index (κ2) is 7.37. The molecular formula is C24H18N2O2. The van der Waals surface area contributed by atoms with Crippen molar-refractivity contribution in [1.29, 1.82) is 0 Å². The fourth-order valence-electron chi connectivity index (χ4n) is 3.30. The maximum Gasteiger partial charge on any atom is 0.265 e. The summed E-state index contributed by atoms with van der Waals surface area (Å²) in [6.07, 6.45) is 1.66. The second-order valence-electron chi connectivity index (χ2n) is 6.47. The largest absolute Gasteiger partial charge is 0.364 e. The highest BCUT2D eigenvalue weighted by atomic mass is 16.2. The van der Waals surface area contributed by atoms with Crippen molar-refractivity contribution >= 4 is 39.4 Å². The number of primary amides is 1. The lowest BCUT2D eigenvalue weighted by Crippen LogP contribution is -2.31. The van der Waals surface area contributed by atoms with Crippen LogP contribution in [-0.2, 0) is 4.79 Å². The number of carbonyl (C=O) groups excluding carboxylic acids is 2. The molecule has 4 nitrogen and oxygen atoms in total. The Labute approximate surface area is 162 Å². The van der Waals surface area contributed by atoms with E-state index in [-0.39, 0.29) is 11.6 Å². The Balaban J connectivity index is 1.87. The molecule has 4 heteroatoms. The quantitative estimate of drug-likeness (QED) is 0.419. The third-order valence-corrected chi connectivity index (χ3v) is 4.65. The molecule has 0 spiro atoms. The number of fused-ring (bicyclic) bond motifs is 2. The van der Waals surface area contributed by atoms with E-state index < -0.39 is 5.91 Å². The van der Waals surface area contributed by atoms with Gasteiger partial charge in [-0.15, -0.1) is 0 Å². The Hall–Kier alpha value is -3.92. The average Bonchev–Trinajstić information content (AvgIpc) is 2.73. The molecule has 136 valence electrons. The van der Waals surface area contributed by atoms with E-state index in [1.54, 1.807) is 30.3 Å². The van der Waals surface area contributed by atoms with Gasteiger partial charge in [0.1, 0.15) is 5.70 Å². The van der Waals surface area contributed by atoms with Gasteiger partial charge >= 0.3 is 0 Å². The molecule has 0 radical (unpaired) electrons. The fraction of sp³-hybridized carbons (Fsp3) is 0. The molecule has 4 aromatic rings. The molecule has 3 N–H and O–H groups in total. The lowest BCUT2D eigenvalue weighted by atomic mass is 9.96. The Bertz CT molecular complexity index is 1170. The summed E-state index contributed by atoms with van der Waals surface area (Å²) >= 11 is 0. The average molecular weight is 366 g/mol. The zero-order valence-electron chi connectivity index (χ0n) is 15.1. The van der Waals surface area contributed by atoms with E-state index in [0.717, 1.165) is 27.1 Å². The van der Waals surface area contributed by atoms with Gasteiger partial charge in [-0.3, -0.25) is 9.59 Å². The zero-order chi connectivity index (χ0) is 19.5. The van der Waals surface area contributed by atoms with Gasteiger partial charge in [0.15, 0.2) is 0 Å². The molecule has 0 heterocycles. The topological polar surface area (TPSA) is 72.2 Å². The number of carbonyl (C=O) groups is 2. The number of hydrogen-bond donors (Lipinski definition) is 2. The normalized spacial score (nSPS) is 11.5. The van der Waals surface area contributed by atoms with Gasteiger partial charge in [-0.05, 0) is 51.4 Å². The lowest BCUT2D eigenvalue weighted by Gasteiger charge is -2.11. The molecule has 0 fully saturated rings. The minimum Gasteiger partial charge on any atom is -0.364 e. The summed E-state index contributed by atoms with van der Waals surface area (Å²) in [5.41, 5.74) is 6.93. The van der Waals surface area contributed by atoms with Crippen LogP contribution in [0, 0.1) is 0 Å². The summed E-state index contributed by atoms with van der Waals surface area (Å²) in [7, 11) is 0. The monoisotopic (exact) mass is 366 g/mol. The molecule has 2 amide bonds. The molecule has 0 aromatic heterocycles. The van der Waals surface area contributed by atoms with E-state index in [9.17, 15) is 9.59 Å². The van der Waals surface area contributed by atoms with E-state index in [2.05, 4.69) is 11.4 Å². The molecule has 0 aliphatic carbocycles. The Morgan fingerprint density at radius 1 is 0.750 bits per heavy atom. The van der Waals surface area contributed by atoms with Crippen LogP contribution in [-0.4, -0.2) is 11.8 Å². The smallest absolute Gasteiger partial charge is 0.265 e. The van der Waals surface area contributed by atoms with Gasteiger partial charge in [0, 0.05) is 5.56 Å². The van der Waals surface area contributed by atoms with Crippen LogP contribution < -0.4 is 11.1 Å². The van der Waals surface area contributed by atoms with Crippen molar-refractivity contribution in [2.75, 3.05) is 0 Å². The molecule has 0 aliphatic rings. The first kappa shape index (κ1) is 17.5. The highest BCUT2D eigenvalue weighted by Crippen LogP contribution is 2.30. The second-order valence-corrected chi connectivity index (χ2v) is 6.47. The van der Waals surface area contributed by atoms with Crippen LogP contribution in [0.2, 0.25) is 0 Å². The predicted octanol–water partition coefficient (Wildman–Crippen LogP) is 4.25. The molecule has 28 heavy (non-hydrogen) atoms. The number of benzene rings is 4. The maximum absolute atomic E-state index is 12.5. The standard InChI is InChI=1S/C24H18N2O2/c25-23(27)22(26-24(28)16-8-2-1-3-9-16)15-21-19-12-6-4-10-17(19)14-18-11-5-7-13-20(18)21/h1-15H,(H2,25,27)(H,26,28). The van der Waals surface area contributed by atoms with Crippen LogP contribution >= 0.6 is 0 Å². The number of nitrogens with two attached hydrogens (primary N) is 1. The molecule has 0 unspecified atom stereocenters. The number of nitrogens with one attached hydrogen (secondary N) is 1. The first-order chi connectivity index (χ1) is 13.6. The van der Waals surface area contributed by atoms with E-state index in [1.807, 2.05) is 54.6 Å². The van der Waals surface area contributed by atoms with Crippen LogP contribution in [0.25, 0.3) is 27.6 Å². The first-order valence-corrected chi connectivity index (χ1v) is 8.92. The van der Waals surface area contributed by atoms with Gasteiger partial charge in [0.2, 0.25) is 0 Å². The summed E-state index contributed by atoms with van der Waals surface area (Å²) in [6, 6.07) is 26.7. The highest BCUT2D eigenvalue weighted by molar-refractivity contribution is 6.11. The molecule has 4 aromatic carbocycles. The zero-order valence-corrected chi connectivity index (χ0v) is 15.1. The minimum atomic E-state index is -0.693. The van der Waals surface area contributed by atoms with Gasteiger partial charge in [-0.2, -0.15) is 0 Å². The van der Waals surface area contributed by atoms with Crippen LogP contribution in [0.3, 0.4) is 0 Å². The Kier molecular flexibility index (Phi) is 4.60. The number of rotatable bonds is 4. The van der Waals surface area contributed by atoms with E-state index in [1.165, 1.54) is 0 Å². The van der Waals surface area contributed by atoms with Crippen molar-refractivity contribution in [3.05, 3.63) is 102 Å². The predicted molar refractivity (Wildman–Crippen MR) is 113 cm³/mol. The third kappa shape index (κ3) is 3.35. The van der Waals surface area contributed by atoms with Crippen molar-refractivity contribution in [3.8, 4) is 0 Å². The Morgan fingerprint density at radius 3 is 1.86 bits per heavy atom. The molecule has 0 saturated carbocycles. The molecule has 0 bridgehead atoms. The number of amides is 2. The van der Waals surface area contributed by atoms with Crippen LogP contribution in [0.1, 0.15) is 15.9 Å². The SMILES string of the molecule is NC(=O)C(=Cc1c2ccccc2cc2ccccc12)NC(=O)c1ccccc1.